The van der Waals surface area contributed by atoms with Gasteiger partial charge in [0.1, 0.15) is 0 Å². The molecule has 1 N–H and O–H groups in total. The number of aliphatic carboxylic acids is 1. The minimum atomic E-state index is -0.800. The van der Waals surface area contributed by atoms with E-state index in [1.54, 1.807) is 6.20 Å². The third kappa shape index (κ3) is 2.37. The van der Waals surface area contributed by atoms with E-state index in [4.69, 9.17) is 5.11 Å². The van der Waals surface area contributed by atoms with Crippen LogP contribution in [0.4, 0.5) is 0 Å². The Hall–Kier alpha value is -1.77. The maximum Gasteiger partial charge on any atom is 0.333 e. The van der Waals surface area contributed by atoms with E-state index < -0.39 is 5.97 Å². The van der Waals surface area contributed by atoms with Crippen LogP contribution in [0.2, 0.25) is 0 Å². The molecule has 2 rings (SSSR count). The van der Waals surface area contributed by atoms with Crippen molar-refractivity contribution >= 4 is 5.97 Å². The number of rotatable bonds is 3. The molecule has 1 aromatic carbocycles. The zero-order chi connectivity index (χ0) is 10.7. The Morgan fingerprint density at radius 2 is 2.07 bits per heavy atom. The van der Waals surface area contributed by atoms with Crippen LogP contribution >= 0.6 is 0 Å². The topological polar surface area (TPSA) is 40.5 Å². The van der Waals surface area contributed by atoms with Crippen molar-refractivity contribution in [3.8, 4) is 0 Å². The molecule has 0 fully saturated rings. The molecule has 0 atom stereocenters. The highest BCUT2D eigenvalue weighted by molar-refractivity contribution is 5.86. The maximum absolute atomic E-state index is 10.7. The van der Waals surface area contributed by atoms with Crippen LogP contribution in [-0.4, -0.2) is 22.5 Å². The van der Waals surface area contributed by atoms with Crippen molar-refractivity contribution in [3.63, 3.8) is 0 Å². The van der Waals surface area contributed by atoms with E-state index in [0.717, 1.165) is 13.1 Å². The number of carboxylic acid groups (broad SMARTS) is 1. The van der Waals surface area contributed by atoms with Crippen LogP contribution in [0.15, 0.2) is 42.1 Å². The van der Waals surface area contributed by atoms with Crippen molar-refractivity contribution in [1.82, 2.24) is 4.90 Å². The molecule has 1 aliphatic rings. The Labute approximate surface area is 88.6 Å². The van der Waals surface area contributed by atoms with Crippen LogP contribution in [0.25, 0.3) is 0 Å². The number of hydrogen-bond acceptors (Lipinski definition) is 2. The third-order valence-corrected chi connectivity index (χ3v) is 2.51. The van der Waals surface area contributed by atoms with Gasteiger partial charge in [0.2, 0.25) is 0 Å². The van der Waals surface area contributed by atoms with Gasteiger partial charge in [-0.25, -0.2) is 4.79 Å². The molecule has 1 heterocycles. The molecule has 0 spiro atoms. The second kappa shape index (κ2) is 4.17. The Kier molecular flexibility index (Phi) is 2.72. The molecule has 15 heavy (non-hydrogen) atoms. The van der Waals surface area contributed by atoms with Gasteiger partial charge in [-0.3, -0.25) is 0 Å². The lowest BCUT2D eigenvalue weighted by Crippen LogP contribution is -2.13. The highest BCUT2D eigenvalue weighted by Gasteiger charge is 2.17. The summed E-state index contributed by atoms with van der Waals surface area (Å²) in [4.78, 5) is 12.7. The van der Waals surface area contributed by atoms with Gasteiger partial charge in [0.15, 0.2) is 0 Å². The molecule has 0 amide bonds. The van der Waals surface area contributed by atoms with Gasteiger partial charge in [-0.15, -0.1) is 0 Å². The van der Waals surface area contributed by atoms with Gasteiger partial charge in [0.05, 0.1) is 5.57 Å². The highest BCUT2D eigenvalue weighted by Crippen LogP contribution is 2.16. The van der Waals surface area contributed by atoms with Crippen LogP contribution in [0.5, 0.6) is 0 Å². The number of hydrogen-bond donors (Lipinski definition) is 1. The van der Waals surface area contributed by atoms with E-state index in [1.165, 1.54) is 5.56 Å². The van der Waals surface area contributed by atoms with Crippen LogP contribution < -0.4 is 0 Å². The van der Waals surface area contributed by atoms with Crippen molar-refractivity contribution in [2.24, 2.45) is 0 Å². The molecule has 0 bridgehead atoms. The molecule has 78 valence electrons. The summed E-state index contributed by atoms with van der Waals surface area (Å²) in [5.41, 5.74) is 1.71. The molecule has 0 saturated carbocycles. The lowest BCUT2D eigenvalue weighted by atomic mass is 10.2. The smallest absolute Gasteiger partial charge is 0.333 e. The molecule has 1 aliphatic heterocycles. The Balaban J connectivity index is 2.01. The lowest BCUT2D eigenvalue weighted by Gasteiger charge is -2.14. The average Bonchev–Trinajstić information content (AvgIpc) is 2.68. The van der Waals surface area contributed by atoms with E-state index in [2.05, 4.69) is 0 Å². The van der Waals surface area contributed by atoms with Gasteiger partial charge in [-0.1, -0.05) is 30.3 Å². The highest BCUT2D eigenvalue weighted by atomic mass is 16.4. The molecular weight excluding hydrogens is 190 g/mol. The second-order valence-electron chi connectivity index (χ2n) is 3.67. The van der Waals surface area contributed by atoms with Gasteiger partial charge >= 0.3 is 5.97 Å². The summed E-state index contributed by atoms with van der Waals surface area (Å²) in [6, 6.07) is 10.1. The molecular formula is C12H13NO2. The summed E-state index contributed by atoms with van der Waals surface area (Å²) in [6.45, 7) is 1.59. The average molecular weight is 203 g/mol. The predicted molar refractivity (Wildman–Crippen MR) is 57.2 cm³/mol. The quantitative estimate of drug-likeness (QED) is 0.815. The minimum absolute atomic E-state index is 0.505. The second-order valence-corrected chi connectivity index (χ2v) is 3.67. The fourth-order valence-corrected chi connectivity index (χ4v) is 1.72. The number of carbonyl (C=O) groups is 1. The zero-order valence-electron chi connectivity index (χ0n) is 8.39. The van der Waals surface area contributed by atoms with Crippen molar-refractivity contribution in [1.29, 1.82) is 0 Å². The summed E-state index contributed by atoms with van der Waals surface area (Å²) in [6.07, 6.45) is 2.39. The Morgan fingerprint density at radius 1 is 1.33 bits per heavy atom. The summed E-state index contributed by atoms with van der Waals surface area (Å²) < 4.78 is 0. The van der Waals surface area contributed by atoms with Gasteiger partial charge < -0.3 is 10.0 Å². The standard InChI is InChI=1S/C12H13NO2/c14-12(15)11-6-7-13(9-11)8-10-4-2-1-3-5-10/h1-5,9H,6-8H2,(H,14,15). The van der Waals surface area contributed by atoms with E-state index in [9.17, 15) is 4.79 Å². The molecule has 0 unspecified atom stereocenters. The van der Waals surface area contributed by atoms with Crippen molar-refractivity contribution < 1.29 is 9.90 Å². The van der Waals surface area contributed by atoms with E-state index in [0.29, 0.717) is 12.0 Å². The normalized spacial score (nSPS) is 15.2. The maximum atomic E-state index is 10.7. The zero-order valence-corrected chi connectivity index (χ0v) is 8.39. The van der Waals surface area contributed by atoms with Crippen molar-refractivity contribution in [2.45, 2.75) is 13.0 Å². The number of nitrogens with zero attached hydrogens (tertiary/aromatic N) is 1. The molecule has 0 aliphatic carbocycles. The molecule has 0 radical (unpaired) electrons. The molecule has 0 saturated heterocycles. The monoisotopic (exact) mass is 203 g/mol. The van der Waals surface area contributed by atoms with E-state index >= 15 is 0 Å². The molecule has 3 nitrogen and oxygen atoms in total. The fourth-order valence-electron chi connectivity index (χ4n) is 1.72. The minimum Gasteiger partial charge on any atom is -0.478 e. The van der Waals surface area contributed by atoms with E-state index in [-0.39, 0.29) is 0 Å². The molecule has 0 aromatic heterocycles. The van der Waals surface area contributed by atoms with Crippen LogP contribution in [0, 0.1) is 0 Å². The summed E-state index contributed by atoms with van der Waals surface area (Å²) in [5, 5.41) is 8.80. The van der Waals surface area contributed by atoms with Crippen molar-refractivity contribution in [2.75, 3.05) is 6.54 Å². The SMILES string of the molecule is O=C(O)C1=CN(Cc2ccccc2)CC1. The summed E-state index contributed by atoms with van der Waals surface area (Å²) >= 11 is 0. The van der Waals surface area contributed by atoms with Gasteiger partial charge in [-0.2, -0.15) is 0 Å². The van der Waals surface area contributed by atoms with E-state index in [1.807, 2.05) is 35.2 Å². The summed E-state index contributed by atoms with van der Waals surface area (Å²) in [5.74, 6) is -0.800. The summed E-state index contributed by atoms with van der Waals surface area (Å²) in [7, 11) is 0. The molecule has 3 heteroatoms. The van der Waals surface area contributed by atoms with Crippen LogP contribution in [0.3, 0.4) is 0 Å². The third-order valence-electron chi connectivity index (χ3n) is 2.51. The van der Waals surface area contributed by atoms with Gasteiger partial charge in [0.25, 0.3) is 0 Å². The first-order valence-electron chi connectivity index (χ1n) is 4.97. The van der Waals surface area contributed by atoms with Gasteiger partial charge in [0, 0.05) is 19.3 Å². The van der Waals surface area contributed by atoms with Crippen molar-refractivity contribution in [3.05, 3.63) is 47.7 Å². The fraction of sp³-hybridized carbons (Fsp3) is 0.250. The first-order valence-corrected chi connectivity index (χ1v) is 4.97. The largest absolute Gasteiger partial charge is 0.478 e. The number of carboxylic acids is 1. The first-order chi connectivity index (χ1) is 7.25. The van der Waals surface area contributed by atoms with Crippen LogP contribution in [-0.2, 0) is 11.3 Å². The lowest BCUT2D eigenvalue weighted by molar-refractivity contribution is -0.132. The Bertz CT molecular complexity index is 384. The number of benzene rings is 1. The van der Waals surface area contributed by atoms with Gasteiger partial charge in [-0.05, 0) is 12.0 Å². The predicted octanol–water partition coefficient (Wildman–Crippen LogP) is 1.86. The first kappa shape index (κ1) is 9.77. The Morgan fingerprint density at radius 3 is 2.67 bits per heavy atom. The molecule has 1 aromatic rings. The van der Waals surface area contributed by atoms with Crippen LogP contribution in [0.1, 0.15) is 12.0 Å².